The molecule has 3 N–H and O–H groups in total. The van der Waals surface area contributed by atoms with Crippen LogP contribution in [0.1, 0.15) is 6.92 Å². The summed E-state index contributed by atoms with van der Waals surface area (Å²) in [6.07, 6.45) is -1.16. The second-order valence-electron chi connectivity index (χ2n) is 3.85. The van der Waals surface area contributed by atoms with Gasteiger partial charge in [0.1, 0.15) is 5.75 Å². The van der Waals surface area contributed by atoms with E-state index in [1.165, 1.54) is 6.92 Å². The first-order valence-electron chi connectivity index (χ1n) is 5.67. The number of primary amides is 1. The van der Waals surface area contributed by atoms with E-state index in [0.717, 1.165) is 0 Å². The fourth-order valence-corrected chi connectivity index (χ4v) is 2.03. The number of carbonyl (C=O) groups excluding carboxylic acids is 3. The normalized spacial score (nSPS) is 11.4. The molecule has 114 valence electrons. The first-order chi connectivity index (χ1) is 9.79. The Morgan fingerprint density at radius 2 is 2.10 bits per heavy atom. The maximum absolute atomic E-state index is 11.5. The van der Waals surface area contributed by atoms with E-state index in [1.807, 2.05) is 0 Å². The zero-order valence-corrected chi connectivity index (χ0v) is 13.2. The van der Waals surface area contributed by atoms with Crippen molar-refractivity contribution in [2.75, 3.05) is 6.61 Å². The van der Waals surface area contributed by atoms with Gasteiger partial charge in [0.2, 0.25) is 0 Å². The standard InChI is InChI=1S/C12H12BrClN2O5/c1-6(11(18)16-12(15)19)21-10(17)5-20-9-3-2-7(14)4-8(9)13/h2-4,6H,5H2,1H3,(H3,15,16,18,19). The number of rotatable bonds is 5. The minimum Gasteiger partial charge on any atom is -0.481 e. The molecule has 1 aromatic carbocycles. The van der Waals surface area contributed by atoms with Crippen LogP contribution in [-0.2, 0) is 14.3 Å². The number of nitrogens with two attached hydrogens (primary N) is 1. The highest BCUT2D eigenvalue weighted by atomic mass is 79.9. The molecule has 0 fully saturated rings. The third kappa shape index (κ3) is 6.01. The number of carbonyl (C=O) groups is 3. The predicted molar refractivity (Wildman–Crippen MR) is 77.9 cm³/mol. The molecule has 1 aromatic rings. The molecule has 0 saturated carbocycles. The summed E-state index contributed by atoms with van der Waals surface area (Å²) in [5.41, 5.74) is 4.77. The molecule has 0 saturated heterocycles. The number of hydrogen-bond donors (Lipinski definition) is 2. The lowest BCUT2D eigenvalue weighted by atomic mass is 10.3. The van der Waals surface area contributed by atoms with Gasteiger partial charge in [-0.3, -0.25) is 10.1 Å². The van der Waals surface area contributed by atoms with Crippen LogP contribution in [0.25, 0.3) is 0 Å². The van der Waals surface area contributed by atoms with E-state index in [1.54, 1.807) is 23.5 Å². The molecule has 1 rings (SSSR count). The Hall–Kier alpha value is -1.80. The average molecular weight is 380 g/mol. The first kappa shape index (κ1) is 17.3. The molecule has 21 heavy (non-hydrogen) atoms. The second kappa shape index (κ2) is 7.84. The summed E-state index contributed by atoms with van der Waals surface area (Å²) in [5, 5.41) is 2.30. The molecule has 1 atom stereocenters. The first-order valence-corrected chi connectivity index (χ1v) is 6.84. The highest BCUT2D eigenvalue weighted by molar-refractivity contribution is 9.10. The molecule has 9 heteroatoms. The summed E-state index contributed by atoms with van der Waals surface area (Å²) < 4.78 is 10.6. The molecule has 0 aliphatic heterocycles. The lowest BCUT2D eigenvalue weighted by Crippen LogP contribution is -2.42. The SMILES string of the molecule is CC(OC(=O)COc1ccc(Cl)cc1Br)C(=O)NC(N)=O. The molecule has 0 radical (unpaired) electrons. The van der Waals surface area contributed by atoms with Gasteiger partial charge in [-0.25, -0.2) is 9.59 Å². The molecular formula is C12H12BrClN2O5. The van der Waals surface area contributed by atoms with E-state index in [-0.39, 0.29) is 0 Å². The topological polar surface area (TPSA) is 108 Å². The van der Waals surface area contributed by atoms with Crippen molar-refractivity contribution < 1.29 is 23.9 Å². The van der Waals surface area contributed by atoms with E-state index >= 15 is 0 Å². The quantitative estimate of drug-likeness (QED) is 0.756. The number of ether oxygens (including phenoxy) is 2. The average Bonchev–Trinajstić information content (AvgIpc) is 2.36. The van der Waals surface area contributed by atoms with E-state index in [2.05, 4.69) is 15.9 Å². The summed E-state index contributed by atoms with van der Waals surface area (Å²) >= 11 is 8.99. The van der Waals surface area contributed by atoms with Crippen molar-refractivity contribution in [1.82, 2.24) is 5.32 Å². The van der Waals surface area contributed by atoms with Gasteiger partial charge in [0.15, 0.2) is 12.7 Å². The maximum atomic E-state index is 11.5. The highest BCUT2D eigenvalue weighted by Crippen LogP contribution is 2.27. The largest absolute Gasteiger partial charge is 0.481 e. The Bertz CT molecular complexity index is 567. The fraction of sp³-hybridized carbons (Fsp3) is 0.250. The summed E-state index contributed by atoms with van der Waals surface area (Å²) in [6, 6.07) is 3.74. The molecule has 0 aromatic heterocycles. The minimum absolute atomic E-state index is 0.394. The maximum Gasteiger partial charge on any atom is 0.344 e. The van der Waals surface area contributed by atoms with Crippen LogP contribution in [0.4, 0.5) is 4.79 Å². The monoisotopic (exact) mass is 378 g/mol. The van der Waals surface area contributed by atoms with Crippen LogP contribution in [-0.4, -0.2) is 30.6 Å². The molecule has 0 aliphatic rings. The summed E-state index contributed by atoms with van der Waals surface area (Å²) in [6.45, 7) is 0.892. The molecule has 0 bridgehead atoms. The van der Waals surface area contributed by atoms with Crippen LogP contribution >= 0.6 is 27.5 Å². The van der Waals surface area contributed by atoms with Gasteiger partial charge in [0.25, 0.3) is 5.91 Å². The number of benzene rings is 1. The van der Waals surface area contributed by atoms with E-state index in [0.29, 0.717) is 15.2 Å². The number of halogens is 2. The van der Waals surface area contributed by atoms with Crippen LogP contribution in [0.15, 0.2) is 22.7 Å². The Labute approximate surface area is 133 Å². The number of urea groups is 1. The van der Waals surface area contributed by atoms with Crippen molar-refractivity contribution >= 4 is 45.4 Å². The number of imide groups is 1. The lowest BCUT2D eigenvalue weighted by Gasteiger charge is -2.13. The van der Waals surface area contributed by atoms with Crippen molar-refractivity contribution in [3.63, 3.8) is 0 Å². The molecule has 3 amide bonds. The van der Waals surface area contributed by atoms with Crippen LogP contribution < -0.4 is 15.8 Å². The minimum atomic E-state index is -1.16. The van der Waals surface area contributed by atoms with Gasteiger partial charge >= 0.3 is 12.0 Å². The van der Waals surface area contributed by atoms with Crippen LogP contribution in [0.5, 0.6) is 5.75 Å². The molecule has 0 spiro atoms. The van der Waals surface area contributed by atoms with Gasteiger partial charge in [0.05, 0.1) is 4.47 Å². The summed E-state index contributed by atoms with van der Waals surface area (Å²) in [7, 11) is 0. The predicted octanol–water partition coefficient (Wildman–Crippen LogP) is 1.61. The van der Waals surface area contributed by atoms with Gasteiger partial charge in [-0.05, 0) is 41.1 Å². The molecule has 1 unspecified atom stereocenters. The van der Waals surface area contributed by atoms with Crippen molar-refractivity contribution in [2.24, 2.45) is 5.73 Å². The van der Waals surface area contributed by atoms with Crippen molar-refractivity contribution in [1.29, 1.82) is 0 Å². The molecule has 7 nitrogen and oxygen atoms in total. The van der Waals surface area contributed by atoms with Gasteiger partial charge in [-0.1, -0.05) is 11.6 Å². The third-order valence-corrected chi connectivity index (χ3v) is 3.02. The number of nitrogens with one attached hydrogen (secondary N) is 1. The molecular weight excluding hydrogens is 367 g/mol. The summed E-state index contributed by atoms with van der Waals surface area (Å²) in [4.78, 5) is 33.3. The van der Waals surface area contributed by atoms with E-state index < -0.39 is 30.6 Å². The molecule has 0 aliphatic carbocycles. The van der Waals surface area contributed by atoms with Crippen LogP contribution in [0, 0.1) is 0 Å². The van der Waals surface area contributed by atoms with Crippen LogP contribution in [0.2, 0.25) is 5.02 Å². The van der Waals surface area contributed by atoms with Crippen LogP contribution in [0.3, 0.4) is 0 Å². The van der Waals surface area contributed by atoms with E-state index in [9.17, 15) is 14.4 Å². The lowest BCUT2D eigenvalue weighted by molar-refractivity contribution is -0.156. The number of hydrogen-bond acceptors (Lipinski definition) is 5. The smallest absolute Gasteiger partial charge is 0.344 e. The van der Waals surface area contributed by atoms with Gasteiger partial charge in [0, 0.05) is 5.02 Å². The third-order valence-electron chi connectivity index (χ3n) is 2.16. The highest BCUT2D eigenvalue weighted by Gasteiger charge is 2.19. The van der Waals surface area contributed by atoms with Gasteiger partial charge in [-0.15, -0.1) is 0 Å². The van der Waals surface area contributed by atoms with Gasteiger partial charge < -0.3 is 15.2 Å². The second-order valence-corrected chi connectivity index (χ2v) is 5.14. The number of amides is 3. The van der Waals surface area contributed by atoms with Crippen molar-refractivity contribution in [2.45, 2.75) is 13.0 Å². The zero-order valence-electron chi connectivity index (χ0n) is 10.9. The Morgan fingerprint density at radius 1 is 1.43 bits per heavy atom. The Balaban J connectivity index is 2.47. The number of esters is 1. The Kier molecular flexibility index (Phi) is 6.44. The zero-order chi connectivity index (χ0) is 16.0. The van der Waals surface area contributed by atoms with E-state index in [4.69, 9.17) is 26.8 Å². The Morgan fingerprint density at radius 3 is 2.67 bits per heavy atom. The summed E-state index contributed by atoms with van der Waals surface area (Å²) in [5.74, 6) is -1.20. The van der Waals surface area contributed by atoms with Crippen molar-refractivity contribution in [3.8, 4) is 5.75 Å². The van der Waals surface area contributed by atoms with Gasteiger partial charge in [-0.2, -0.15) is 0 Å². The molecule has 0 heterocycles. The fourth-order valence-electron chi connectivity index (χ4n) is 1.24. The van der Waals surface area contributed by atoms with Crippen molar-refractivity contribution in [3.05, 3.63) is 27.7 Å².